The minimum absolute atomic E-state index is 0.0406. The maximum absolute atomic E-state index is 12.9. The number of benzene rings is 3. The molecule has 28 heavy (non-hydrogen) atoms. The standard InChI is InChI=1S/C24H25NO3/c1-17(25-24(26)20-14-21(27-2)16-22(15-20)28-3)23(18-10-6-4-7-11-18)19-12-8-5-9-13-19/h4-17,23H,1-3H3,(H,25,26). The molecule has 0 saturated carbocycles. The second-order valence-corrected chi connectivity index (χ2v) is 6.66. The van der Waals surface area contributed by atoms with Gasteiger partial charge in [0.15, 0.2) is 0 Å². The Morgan fingerprint density at radius 2 is 1.25 bits per heavy atom. The van der Waals surface area contributed by atoms with Crippen molar-refractivity contribution in [3.63, 3.8) is 0 Å². The normalized spacial score (nSPS) is 11.7. The number of ether oxygens (including phenoxy) is 2. The average Bonchev–Trinajstić information content (AvgIpc) is 2.75. The van der Waals surface area contributed by atoms with Crippen molar-refractivity contribution in [3.8, 4) is 11.5 Å². The summed E-state index contributed by atoms with van der Waals surface area (Å²) in [5, 5.41) is 3.15. The van der Waals surface area contributed by atoms with Gasteiger partial charge in [-0.3, -0.25) is 4.79 Å². The lowest BCUT2D eigenvalue weighted by molar-refractivity contribution is 0.0936. The zero-order valence-corrected chi connectivity index (χ0v) is 16.4. The smallest absolute Gasteiger partial charge is 0.251 e. The first-order chi connectivity index (χ1) is 13.6. The molecule has 0 spiro atoms. The van der Waals surface area contributed by atoms with Crippen molar-refractivity contribution in [1.29, 1.82) is 0 Å². The number of carbonyl (C=O) groups excluding carboxylic acids is 1. The summed E-state index contributed by atoms with van der Waals surface area (Å²) in [7, 11) is 3.14. The van der Waals surface area contributed by atoms with E-state index in [1.807, 2.05) is 43.3 Å². The maximum Gasteiger partial charge on any atom is 0.251 e. The molecule has 0 heterocycles. The quantitative estimate of drug-likeness (QED) is 0.654. The molecule has 1 unspecified atom stereocenters. The van der Waals surface area contributed by atoms with Crippen LogP contribution in [0.4, 0.5) is 0 Å². The van der Waals surface area contributed by atoms with Crippen LogP contribution in [-0.2, 0) is 0 Å². The molecule has 0 aromatic heterocycles. The van der Waals surface area contributed by atoms with E-state index in [0.717, 1.165) is 11.1 Å². The van der Waals surface area contributed by atoms with Gasteiger partial charge in [-0.05, 0) is 30.2 Å². The van der Waals surface area contributed by atoms with Crippen molar-refractivity contribution in [3.05, 3.63) is 95.6 Å². The Balaban J connectivity index is 1.88. The molecular weight excluding hydrogens is 350 g/mol. The molecule has 1 amide bonds. The number of amides is 1. The summed E-state index contributed by atoms with van der Waals surface area (Å²) >= 11 is 0. The van der Waals surface area contributed by atoms with Gasteiger partial charge in [-0.25, -0.2) is 0 Å². The molecule has 3 rings (SSSR count). The highest BCUT2D eigenvalue weighted by Gasteiger charge is 2.23. The van der Waals surface area contributed by atoms with Crippen LogP contribution in [0, 0.1) is 0 Å². The predicted octanol–water partition coefficient (Wildman–Crippen LogP) is 4.65. The largest absolute Gasteiger partial charge is 0.497 e. The minimum atomic E-state index is -0.165. The number of carbonyl (C=O) groups is 1. The van der Waals surface area contributed by atoms with Crippen LogP contribution < -0.4 is 14.8 Å². The molecule has 0 radical (unpaired) electrons. The van der Waals surface area contributed by atoms with E-state index in [2.05, 4.69) is 29.6 Å². The Bertz CT molecular complexity index is 848. The van der Waals surface area contributed by atoms with Gasteiger partial charge in [-0.2, -0.15) is 0 Å². The predicted molar refractivity (Wildman–Crippen MR) is 111 cm³/mol. The van der Waals surface area contributed by atoms with Crippen molar-refractivity contribution >= 4 is 5.91 Å². The Kier molecular flexibility index (Phi) is 6.33. The highest BCUT2D eigenvalue weighted by atomic mass is 16.5. The van der Waals surface area contributed by atoms with E-state index < -0.39 is 0 Å². The Morgan fingerprint density at radius 3 is 1.68 bits per heavy atom. The van der Waals surface area contributed by atoms with Crippen molar-refractivity contribution < 1.29 is 14.3 Å². The fraction of sp³-hybridized carbons (Fsp3) is 0.208. The first-order valence-corrected chi connectivity index (χ1v) is 9.26. The summed E-state index contributed by atoms with van der Waals surface area (Å²) in [5.41, 5.74) is 2.82. The molecule has 0 saturated heterocycles. The van der Waals surface area contributed by atoms with E-state index in [0.29, 0.717) is 17.1 Å². The maximum atomic E-state index is 12.9. The van der Waals surface area contributed by atoms with Crippen LogP contribution in [0.1, 0.15) is 34.3 Å². The summed E-state index contributed by atoms with van der Waals surface area (Å²) in [5.74, 6) is 1.04. The SMILES string of the molecule is COc1cc(OC)cc(C(=O)NC(C)C(c2ccccc2)c2ccccc2)c1. The first kappa shape index (κ1) is 19.5. The number of nitrogens with one attached hydrogen (secondary N) is 1. The van der Waals surface area contributed by atoms with Crippen molar-refractivity contribution in [2.24, 2.45) is 0 Å². The summed E-state index contributed by atoms with van der Waals surface area (Å²) in [6.07, 6.45) is 0. The van der Waals surface area contributed by atoms with Crippen LogP contribution in [-0.4, -0.2) is 26.2 Å². The van der Waals surface area contributed by atoms with Gasteiger partial charge in [0.05, 0.1) is 14.2 Å². The third-order valence-corrected chi connectivity index (χ3v) is 4.79. The van der Waals surface area contributed by atoms with Gasteiger partial charge >= 0.3 is 0 Å². The monoisotopic (exact) mass is 375 g/mol. The lowest BCUT2D eigenvalue weighted by Gasteiger charge is -2.26. The van der Waals surface area contributed by atoms with Crippen LogP contribution in [0.5, 0.6) is 11.5 Å². The van der Waals surface area contributed by atoms with Gasteiger partial charge in [0.25, 0.3) is 5.91 Å². The van der Waals surface area contributed by atoms with Gasteiger partial charge in [-0.1, -0.05) is 60.7 Å². The summed E-state index contributed by atoms with van der Waals surface area (Å²) < 4.78 is 10.6. The van der Waals surface area contributed by atoms with Gasteiger partial charge in [0, 0.05) is 23.6 Å². The molecule has 3 aromatic rings. The van der Waals surface area contributed by atoms with E-state index in [1.54, 1.807) is 32.4 Å². The van der Waals surface area contributed by atoms with Crippen LogP contribution >= 0.6 is 0 Å². The first-order valence-electron chi connectivity index (χ1n) is 9.26. The molecule has 144 valence electrons. The Labute approximate surface area is 166 Å². The lowest BCUT2D eigenvalue weighted by atomic mass is 9.85. The van der Waals surface area contributed by atoms with Gasteiger partial charge in [0.2, 0.25) is 0 Å². The molecule has 0 aliphatic carbocycles. The fourth-order valence-corrected chi connectivity index (χ4v) is 3.40. The van der Waals surface area contributed by atoms with Crippen molar-refractivity contribution in [2.45, 2.75) is 18.9 Å². The van der Waals surface area contributed by atoms with Gasteiger partial charge in [-0.15, -0.1) is 0 Å². The van der Waals surface area contributed by atoms with Gasteiger partial charge < -0.3 is 14.8 Å². The number of rotatable bonds is 7. The molecule has 4 heteroatoms. The van der Waals surface area contributed by atoms with E-state index in [-0.39, 0.29) is 17.9 Å². The zero-order chi connectivity index (χ0) is 19.9. The van der Waals surface area contributed by atoms with Crippen LogP contribution in [0.2, 0.25) is 0 Å². The third kappa shape index (κ3) is 4.52. The van der Waals surface area contributed by atoms with E-state index in [4.69, 9.17) is 9.47 Å². The number of hydrogen-bond donors (Lipinski definition) is 1. The van der Waals surface area contributed by atoms with Crippen molar-refractivity contribution in [2.75, 3.05) is 14.2 Å². The molecule has 0 bridgehead atoms. The van der Waals surface area contributed by atoms with E-state index in [9.17, 15) is 4.79 Å². The Morgan fingerprint density at radius 1 is 0.786 bits per heavy atom. The van der Waals surface area contributed by atoms with Crippen LogP contribution in [0.25, 0.3) is 0 Å². The number of methoxy groups -OCH3 is 2. The molecule has 3 aromatic carbocycles. The number of hydrogen-bond acceptors (Lipinski definition) is 3. The molecule has 4 nitrogen and oxygen atoms in total. The fourth-order valence-electron chi connectivity index (χ4n) is 3.40. The molecule has 0 fully saturated rings. The lowest BCUT2D eigenvalue weighted by Crippen LogP contribution is -2.37. The third-order valence-electron chi connectivity index (χ3n) is 4.79. The minimum Gasteiger partial charge on any atom is -0.497 e. The highest BCUT2D eigenvalue weighted by Crippen LogP contribution is 2.29. The summed E-state index contributed by atoms with van der Waals surface area (Å²) in [4.78, 5) is 12.9. The van der Waals surface area contributed by atoms with E-state index >= 15 is 0 Å². The molecule has 1 N–H and O–H groups in total. The van der Waals surface area contributed by atoms with Crippen LogP contribution in [0.15, 0.2) is 78.9 Å². The second-order valence-electron chi connectivity index (χ2n) is 6.66. The summed E-state index contributed by atoms with van der Waals surface area (Å²) in [6.45, 7) is 2.03. The second kappa shape index (κ2) is 9.09. The zero-order valence-electron chi connectivity index (χ0n) is 16.4. The summed E-state index contributed by atoms with van der Waals surface area (Å²) in [6, 6.07) is 25.5. The van der Waals surface area contributed by atoms with E-state index in [1.165, 1.54) is 0 Å². The van der Waals surface area contributed by atoms with Crippen LogP contribution in [0.3, 0.4) is 0 Å². The Hall–Kier alpha value is -3.27. The molecule has 0 aliphatic heterocycles. The molecule has 0 aliphatic rings. The van der Waals surface area contributed by atoms with Crippen molar-refractivity contribution in [1.82, 2.24) is 5.32 Å². The van der Waals surface area contributed by atoms with Gasteiger partial charge in [0.1, 0.15) is 11.5 Å². The average molecular weight is 375 g/mol. The topological polar surface area (TPSA) is 47.6 Å². The molecule has 1 atom stereocenters. The molecular formula is C24H25NO3. The highest BCUT2D eigenvalue weighted by molar-refractivity contribution is 5.95.